The third kappa shape index (κ3) is 3.18. The van der Waals surface area contributed by atoms with Crippen molar-refractivity contribution in [2.75, 3.05) is 0 Å². The smallest absolute Gasteiger partial charge is 0.0834 e. The molecule has 118 valence electrons. The van der Waals surface area contributed by atoms with Crippen LogP contribution in [0.15, 0.2) is 24.4 Å². The molecule has 5 heteroatoms. The van der Waals surface area contributed by atoms with Gasteiger partial charge in [-0.15, -0.1) is 0 Å². The van der Waals surface area contributed by atoms with Gasteiger partial charge in [-0.25, -0.2) is 0 Å². The third-order valence-electron chi connectivity index (χ3n) is 3.87. The van der Waals surface area contributed by atoms with E-state index >= 15 is 0 Å². The molecule has 0 aliphatic carbocycles. The molecule has 0 radical (unpaired) electrons. The molecule has 1 unspecified atom stereocenters. The fraction of sp³-hybridized carbons (Fsp3) is 0.471. The number of nitrogens with zero attached hydrogens (tertiary/aromatic N) is 3. The van der Waals surface area contributed by atoms with Gasteiger partial charge in [-0.3, -0.25) is 9.67 Å². The minimum absolute atomic E-state index is 0.437. The van der Waals surface area contributed by atoms with Crippen molar-refractivity contribution in [3.63, 3.8) is 0 Å². The Morgan fingerprint density at radius 2 is 2.00 bits per heavy atom. The van der Waals surface area contributed by atoms with Crippen LogP contribution in [0, 0.1) is 19.3 Å². The minimum Gasteiger partial charge on any atom is -0.549 e. The molecule has 0 saturated heterocycles. The zero-order valence-electron chi connectivity index (χ0n) is 13.8. The maximum Gasteiger partial charge on any atom is 0.0834 e. The van der Waals surface area contributed by atoms with E-state index in [-0.39, 0.29) is 0 Å². The lowest BCUT2D eigenvalue weighted by molar-refractivity contribution is -0.310. The molecule has 2 aromatic rings. The lowest BCUT2D eigenvalue weighted by Gasteiger charge is -2.32. The summed E-state index contributed by atoms with van der Waals surface area (Å²) in [4.78, 5) is 16.0. The Morgan fingerprint density at radius 1 is 1.32 bits per heavy atom. The highest BCUT2D eigenvalue weighted by Gasteiger charge is 2.32. The van der Waals surface area contributed by atoms with E-state index in [0.29, 0.717) is 6.54 Å². The van der Waals surface area contributed by atoms with Crippen molar-refractivity contribution in [3.8, 4) is 0 Å². The second-order valence-corrected chi connectivity index (χ2v) is 6.68. The molecule has 0 N–H and O–H groups in total. The normalized spacial score (nSPS) is 13.1. The summed E-state index contributed by atoms with van der Waals surface area (Å²) in [6, 6.07) is 5.71. The van der Waals surface area contributed by atoms with E-state index in [1.807, 2.05) is 57.5 Å². The van der Waals surface area contributed by atoms with Gasteiger partial charge in [0, 0.05) is 29.3 Å². The van der Waals surface area contributed by atoms with Gasteiger partial charge in [0.15, 0.2) is 0 Å². The molecule has 2 rings (SSSR count). The number of carboxylic acid groups (broad SMARTS) is 1. The van der Waals surface area contributed by atoms with Crippen LogP contribution >= 0.6 is 0 Å². The molecule has 0 aromatic carbocycles. The lowest BCUT2D eigenvalue weighted by Crippen LogP contribution is -2.37. The zero-order chi connectivity index (χ0) is 16.5. The van der Waals surface area contributed by atoms with E-state index in [4.69, 9.17) is 0 Å². The quantitative estimate of drug-likeness (QED) is 0.863. The Labute approximate surface area is 131 Å². The van der Waals surface area contributed by atoms with Gasteiger partial charge < -0.3 is 9.90 Å². The van der Waals surface area contributed by atoms with Crippen LogP contribution in [0.25, 0.3) is 0 Å². The first-order valence-corrected chi connectivity index (χ1v) is 7.36. The molecule has 0 aliphatic heterocycles. The van der Waals surface area contributed by atoms with Gasteiger partial charge in [-0.05, 0) is 31.4 Å². The van der Waals surface area contributed by atoms with Gasteiger partial charge in [0.05, 0.1) is 17.9 Å². The van der Waals surface area contributed by atoms with Gasteiger partial charge in [-0.2, -0.15) is 5.10 Å². The summed E-state index contributed by atoms with van der Waals surface area (Å²) >= 11 is 0. The highest BCUT2D eigenvalue weighted by molar-refractivity contribution is 5.76. The standard InChI is InChI=1S/C17H23N3O2/c1-11-14(15(16(21)22)17(3,4)5)12(2)20(19-11)10-13-8-6-7-9-18-13/h6-9,15H,10H2,1-5H3,(H,21,22)/p-1. The SMILES string of the molecule is Cc1nn(Cc2ccccn2)c(C)c1C(C(=O)[O-])C(C)(C)C. The molecule has 1 atom stereocenters. The number of aliphatic carboxylic acids is 1. The number of rotatable bonds is 4. The first kappa shape index (κ1) is 16.2. The average Bonchev–Trinajstić information content (AvgIpc) is 2.66. The number of carbonyl (C=O) groups is 1. The first-order valence-electron chi connectivity index (χ1n) is 7.36. The number of aryl methyl sites for hydroxylation is 1. The molecular formula is C17H22N3O2-. The second kappa shape index (κ2) is 5.91. The van der Waals surface area contributed by atoms with Crippen molar-refractivity contribution in [1.82, 2.24) is 14.8 Å². The van der Waals surface area contributed by atoms with Gasteiger partial charge in [0.2, 0.25) is 0 Å². The Kier molecular flexibility index (Phi) is 4.35. The van der Waals surface area contributed by atoms with Crippen LogP contribution in [0.2, 0.25) is 0 Å². The van der Waals surface area contributed by atoms with Gasteiger partial charge in [0.1, 0.15) is 0 Å². The largest absolute Gasteiger partial charge is 0.549 e. The molecule has 2 aromatic heterocycles. The van der Waals surface area contributed by atoms with Crippen molar-refractivity contribution in [2.45, 2.75) is 47.1 Å². The molecule has 0 bridgehead atoms. The van der Waals surface area contributed by atoms with Crippen LogP contribution in [0.4, 0.5) is 0 Å². The van der Waals surface area contributed by atoms with E-state index < -0.39 is 17.3 Å². The van der Waals surface area contributed by atoms with Crippen molar-refractivity contribution in [3.05, 3.63) is 47.0 Å². The monoisotopic (exact) mass is 300 g/mol. The van der Waals surface area contributed by atoms with Crippen molar-refractivity contribution in [1.29, 1.82) is 0 Å². The Bertz CT molecular complexity index is 669. The van der Waals surface area contributed by atoms with E-state index in [1.54, 1.807) is 6.20 Å². The molecule has 5 nitrogen and oxygen atoms in total. The van der Waals surface area contributed by atoms with E-state index in [9.17, 15) is 9.90 Å². The number of hydrogen-bond acceptors (Lipinski definition) is 4. The molecule has 2 heterocycles. The molecule has 0 fully saturated rings. The summed E-state index contributed by atoms with van der Waals surface area (Å²) in [7, 11) is 0. The molecule has 0 spiro atoms. The molecule has 22 heavy (non-hydrogen) atoms. The summed E-state index contributed by atoms with van der Waals surface area (Å²) < 4.78 is 1.81. The van der Waals surface area contributed by atoms with Crippen molar-refractivity contribution in [2.24, 2.45) is 5.41 Å². The van der Waals surface area contributed by atoms with Crippen LogP contribution in [-0.2, 0) is 11.3 Å². The Balaban J connectivity index is 2.44. The van der Waals surface area contributed by atoms with Crippen LogP contribution in [0.5, 0.6) is 0 Å². The molecule has 0 saturated carbocycles. The fourth-order valence-electron chi connectivity index (χ4n) is 2.83. The number of pyridine rings is 1. The van der Waals surface area contributed by atoms with E-state index in [0.717, 1.165) is 22.6 Å². The number of hydrogen-bond donors (Lipinski definition) is 0. The third-order valence-corrected chi connectivity index (χ3v) is 3.87. The zero-order valence-corrected chi connectivity index (χ0v) is 13.8. The molecular weight excluding hydrogens is 278 g/mol. The maximum absolute atomic E-state index is 11.7. The number of aromatic nitrogens is 3. The van der Waals surface area contributed by atoms with Crippen molar-refractivity contribution < 1.29 is 9.90 Å². The molecule has 0 amide bonds. The van der Waals surface area contributed by atoms with Gasteiger partial charge in [0.25, 0.3) is 0 Å². The first-order chi connectivity index (χ1) is 10.2. The maximum atomic E-state index is 11.7. The topological polar surface area (TPSA) is 70.8 Å². The fourth-order valence-corrected chi connectivity index (χ4v) is 2.83. The number of carboxylic acids is 1. The van der Waals surface area contributed by atoms with Crippen LogP contribution < -0.4 is 5.11 Å². The van der Waals surface area contributed by atoms with Crippen LogP contribution in [-0.4, -0.2) is 20.7 Å². The predicted molar refractivity (Wildman–Crippen MR) is 82.2 cm³/mol. The summed E-state index contributed by atoms with van der Waals surface area (Å²) in [5.41, 5.74) is 2.79. The Hall–Kier alpha value is -2.17. The minimum atomic E-state index is -1.06. The highest BCUT2D eigenvalue weighted by atomic mass is 16.4. The predicted octanol–water partition coefficient (Wildman–Crippen LogP) is 1.82. The summed E-state index contributed by atoms with van der Waals surface area (Å²) in [5.74, 6) is -1.75. The van der Waals surface area contributed by atoms with E-state index in [1.165, 1.54) is 0 Å². The van der Waals surface area contributed by atoms with Gasteiger partial charge >= 0.3 is 0 Å². The summed E-state index contributed by atoms with van der Waals surface area (Å²) in [6.45, 7) is 9.99. The van der Waals surface area contributed by atoms with E-state index in [2.05, 4.69) is 10.1 Å². The average molecular weight is 300 g/mol. The van der Waals surface area contributed by atoms with Crippen LogP contribution in [0.1, 0.15) is 49.3 Å². The number of carbonyl (C=O) groups excluding carboxylic acids is 1. The van der Waals surface area contributed by atoms with Gasteiger partial charge in [-0.1, -0.05) is 26.8 Å². The second-order valence-electron chi connectivity index (χ2n) is 6.68. The molecule has 0 aliphatic rings. The summed E-state index contributed by atoms with van der Waals surface area (Å²) in [5, 5.41) is 16.2. The van der Waals surface area contributed by atoms with Crippen molar-refractivity contribution >= 4 is 5.97 Å². The lowest BCUT2D eigenvalue weighted by atomic mass is 9.76. The van der Waals surface area contributed by atoms with Crippen LogP contribution in [0.3, 0.4) is 0 Å². The summed E-state index contributed by atoms with van der Waals surface area (Å²) in [6.07, 6.45) is 1.74. The highest BCUT2D eigenvalue weighted by Crippen LogP contribution is 2.37. The Morgan fingerprint density at radius 3 is 2.50 bits per heavy atom.